The molecule has 0 atom stereocenters. The van der Waals surface area contributed by atoms with Crippen LogP contribution in [0.2, 0.25) is 5.02 Å². The molecule has 0 aliphatic carbocycles. The first-order valence-electron chi connectivity index (χ1n) is 6.27. The molecule has 0 aliphatic heterocycles. The number of hydrogen-bond acceptors (Lipinski definition) is 4. The predicted molar refractivity (Wildman–Crippen MR) is 84.8 cm³/mol. The van der Waals surface area contributed by atoms with Crippen molar-refractivity contribution in [3.63, 3.8) is 0 Å². The highest BCUT2D eigenvalue weighted by molar-refractivity contribution is 7.22. The van der Waals surface area contributed by atoms with Crippen LogP contribution in [0.15, 0.2) is 24.5 Å². The van der Waals surface area contributed by atoms with Crippen molar-refractivity contribution in [1.82, 2.24) is 19.4 Å². The summed E-state index contributed by atoms with van der Waals surface area (Å²) in [6.07, 6.45) is 3.28. The molecule has 0 N–H and O–H groups in total. The molecule has 5 nitrogen and oxygen atoms in total. The fourth-order valence-corrected chi connectivity index (χ4v) is 3.41. The second kappa shape index (κ2) is 5.13. The molecule has 3 heterocycles. The van der Waals surface area contributed by atoms with E-state index in [1.807, 2.05) is 13.1 Å². The van der Waals surface area contributed by atoms with Gasteiger partial charge in [0, 0.05) is 27.3 Å². The number of halogens is 1. The largest absolute Gasteiger partial charge is 0.343 e. The molecule has 21 heavy (non-hydrogen) atoms. The van der Waals surface area contributed by atoms with E-state index in [9.17, 15) is 4.79 Å². The van der Waals surface area contributed by atoms with Crippen molar-refractivity contribution in [1.29, 1.82) is 0 Å². The van der Waals surface area contributed by atoms with Crippen LogP contribution in [0, 0.1) is 0 Å². The topological polar surface area (TPSA) is 51.0 Å². The zero-order valence-corrected chi connectivity index (χ0v) is 13.4. The molecule has 3 aromatic rings. The normalized spacial score (nSPS) is 11.0. The van der Waals surface area contributed by atoms with Crippen molar-refractivity contribution in [2.45, 2.75) is 0 Å². The smallest absolute Gasteiger partial charge is 0.271 e. The molecule has 0 radical (unpaired) electrons. The number of fused-ring (bicyclic) bond motifs is 1. The van der Waals surface area contributed by atoms with Crippen LogP contribution in [0.1, 0.15) is 10.5 Å². The van der Waals surface area contributed by atoms with E-state index in [0.717, 1.165) is 20.9 Å². The summed E-state index contributed by atoms with van der Waals surface area (Å²) in [7, 11) is 5.27. The maximum absolute atomic E-state index is 12.1. The summed E-state index contributed by atoms with van der Waals surface area (Å²) in [6, 6.07) is 3.71. The Bertz CT molecular complexity index is 837. The van der Waals surface area contributed by atoms with Crippen molar-refractivity contribution in [2.24, 2.45) is 7.05 Å². The molecule has 0 aromatic carbocycles. The molecule has 0 saturated heterocycles. The van der Waals surface area contributed by atoms with E-state index in [-0.39, 0.29) is 5.91 Å². The number of thiophene rings is 1. The highest BCUT2D eigenvalue weighted by Gasteiger charge is 2.18. The number of imidazole rings is 1. The summed E-state index contributed by atoms with van der Waals surface area (Å²) >= 11 is 7.70. The van der Waals surface area contributed by atoms with Crippen LogP contribution in [0.3, 0.4) is 0 Å². The summed E-state index contributed by atoms with van der Waals surface area (Å²) < 4.78 is 2.72. The van der Waals surface area contributed by atoms with Gasteiger partial charge in [0.25, 0.3) is 5.91 Å². The van der Waals surface area contributed by atoms with Crippen molar-refractivity contribution in [3.05, 3.63) is 35.2 Å². The first kappa shape index (κ1) is 14.0. The summed E-state index contributed by atoms with van der Waals surface area (Å²) in [5.74, 6) is 0.660. The van der Waals surface area contributed by atoms with Gasteiger partial charge in [-0.15, -0.1) is 11.3 Å². The molecule has 0 fully saturated rings. The van der Waals surface area contributed by atoms with Crippen LogP contribution < -0.4 is 0 Å². The van der Waals surface area contributed by atoms with Crippen LogP contribution in [-0.4, -0.2) is 39.4 Å². The number of rotatable bonds is 2. The lowest BCUT2D eigenvalue weighted by molar-refractivity contribution is 0.0818. The van der Waals surface area contributed by atoms with Crippen molar-refractivity contribution >= 4 is 39.1 Å². The van der Waals surface area contributed by atoms with E-state index in [1.165, 1.54) is 16.2 Å². The SMILES string of the molecule is CN(C)C(=O)c1cnc(-c2cc3nccc(Cl)c3s2)n1C. The maximum atomic E-state index is 12.1. The van der Waals surface area contributed by atoms with Crippen LogP contribution >= 0.6 is 22.9 Å². The second-order valence-electron chi connectivity index (χ2n) is 4.84. The van der Waals surface area contributed by atoms with Gasteiger partial charge in [0.1, 0.15) is 11.5 Å². The Kier molecular flexibility index (Phi) is 3.43. The lowest BCUT2D eigenvalue weighted by atomic mass is 10.3. The fourth-order valence-electron chi connectivity index (χ4n) is 2.08. The molecule has 0 aliphatic rings. The molecular weight excluding hydrogens is 308 g/mol. The van der Waals surface area contributed by atoms with E-state index < -0.39 is 0 Å². The third-order valence-corrected chi connectivity index (χ3v) is 4.78. The molecule has 0 unspecified atom stereocenters. The highest BCUT2D eigenvalue weighted by Crippen LogP contribution is 2.35. The Morgan fingerprint density at radius 2 is 2.14 bits per heavy atom. The van der Waals surface area contributed by atoms with Crippen molar-refractivity contribution < 1.29 is 4.79 Å². The van der Waals surface area contributed by atoms with Gasteiger partial charge in [-0.05, 0) is 12.1 Å². The van der Waals surface area contributed by atoms with E-state index in [1.54, 1.807) is 37.1 Å². The van der Waals surface area contributed by atoms with Crippen LogP contribution in [-0.2, 0) is 7.05 Å². The molecule has 108 valence electrons. The van der Waals surface area contributed by atoms with Gasteiger partial charge >= 0.3 is 0 Å². The first-order valence-corrected chi connectivity index (χ1v) is 7.46. The fraction of sp³-hybridized carbons (Fsp3) is 0.214. The quantitative estimate of drug-likeness (QED) is 0.729. The Labute approximate surface area is 130 Å². The predicted octanol–water partition coefficient (Wildman–Crippen LogP) is 3.05. The Morgan fingerprint density at radius 1 is 1.38 bits per heavy atom. The molecule has 0 saturated carbocycles. The summed E-state index contributed by atoms with van der Waals surface area (Å²) in [6.45, 7) is 0. The number of aromatic nitrogens is 3. The van der Waals surface area contributed by atoms with Gasteiger partial charge in [-0.2, -0.15) is 0 Å². The Balaban J connectivity index is 2.11. The number of carbonyl (C=O) groups excluding carboxylic acids is 1. The second-order valence-corrected chi connectivity index (χ2v) is 6.30. The first-order chi connectivity index (χ1) is 9.99. The monoisotopic (exact) mass is 320 g/mol. The standard InChI is InChI=1S/C14H13ClN4OS/c1-18(2)14(20)10-7-17-13(19(10)3)11-6-9-12(21-11)8(15)4-5-16-9/h4-7H,1-3H3. The number of pyridine rings is 1. The average Bonchev–Trinajstić information content (AvgIpc) is 3.02. The number of nitrogens with zero attached hydrogens (tertiary/aromatic N) is 4. The zero-order valence-electron chi connectivity index (χ0n) is 11.8. The minimum absolute atomic E-state index is 0.0754. The van der Waals surface area contributed by atoms with Gasteiger partial charge in [0.05, 0.1) is 26.3 Å². The van der Waals surface area contributed by atoms with Crippen LogP contribution in [0.25, 0.3) is 20.9 Å². The minimum Gasteiger partial charge on any atom is -0.343 e. The lowest BCUT2D eigenvalue weighted by Gasteiger charge is -2.10. The van der Waals surface area contributed by atoms with E-state index in [2.05, 4.69) is 9.97 Å². The van der Waals surface area contributed by atoms with Crippen LogP contribution in [0.5, 0.6) is 0 Å². The molecule has 7 heteroatoms. The summed E-state index contributed by atoms with van der Waals surface area (Å²) in [4.78, 5) is 23.2. The molecule has 1 amide bonds. The van der Waals surface area contributed by atoms with Gasteiger partial charge in [0.2, 0.25) is 0 Å². The summed E-state index contributed by atoms with van der Waals surface area (Å²) in [5.41, 5.74) is 1.39. The highest BCUT2D eigenvalue weighted by atomic mass is 35.5. The minimum atomic E-state index is -0.0754. The van der Waals surface area contributed by atoms with Crippen LogP contribution in [0.4, 0.5) is 0 Å². The number of hydrogen-bond donors (Lipinski definition) is 0. The molecular formula is C14H13ClN4OS. The lowest BCUT2D eigenvalue weighted by Crippen LogP contribution is -2.23. The molecule has 0 bridgehead atoms. The molecule has 0 spiro atoms. The molecule has 3 rings (SSSR count). The molecule has 3 aromatic heterocycles. The third kappa shape index (κ3) is 2.30. The van der Waals surface area contributed by atoms with Gasteiger partial charge in [0.15, 0.2) is 0 Å². The number of carbonyl (C=O) groups is 1. The van der Waals surface area contributed by atoms with E-state index in [4.69, 9.17) is 11.6 Å². The zero-order chi connectivity index (χ0) is 15.1. The Hall–Kier alpha value is -1.92. The van der Waals surface area contributed by atoms with Gasteiger partial charge in [-0.25, -0.2) is 4.98 Å². The number of amides is 1. The van der Waals surface area contributed by atoms with Gasteiger partial charge < -0.3 is 9.47 Å². The average molecular weight is 321 g/mol. The van der Waals surface area contributed by atoms with Gasteiger partial charge in [-0.1, -0.05) is 11.6 Å². The Morgan fingerprint density at radius 3 is 2.81 bits per heavy atom. The van der Waals surface area contributed by atoms with E-state index >= 15 is 0 Å². The maximum Gasteiger partial charge on any atom is 0.271 e. The van der Waals surface area contributed by atoms with Gasteiger partial charge in [-0.3, -0.25) is 9.78 Å². The summed E-state index contributed by atoms with van der Waals surface area (Å²) in [5, 5.41) is 0.676. The van der Waals surface area contributed by atoms with Crippen molar-refractivity contribution in [3.8, 4) is 10.7 Å². The van der Waals surface area contributed by atoms with Crippen molar-refractivity contribution in [2.75, 3.05) is 14.1 Å². The van der Waals surface area contributed by atoms with E-state index in [0.29, 0.717) is 10.7 Å². The third-order valence-electron chi connectivity index (χ3n) is 3.20.